The van der Waals surface area contributed by atoms with Crippen molar-refractivity contribution in [1.82, 2.24) is 25.4 Å². The number of ether oxygens (including phenoxy) is 1. The Morgan fingerprint density at radius 1 is 1.30 bits per heavy atom. The molecular weight excluding hydrogens is 397 g/mol. The van der Waals surface area contributed by atoms with E-state index < -0.39 is 11.7 Å². The van der Waals surface area contributed by atoms with Crippen LogP contribution in [0.15, 0.2) is 23.3 Å². The Balaban J connectivity index is 1.87. The van der Waals surface area contributed by atoms with Crippen LogP contribution in [-0.4, -0.2) is 46.5 Å². The average molecular weight is 426 g/mol. The van der Waals surface area contributed by atoms with E-state index in [0.717, 1.165) is 30.1 Å². The van der Waals surface area contributed by atoms with Gasteiger partial charge in [0.25, 0.3) is 0 Å². The zero-order chi connectivity index (χ0) is 22.3. The lowest BCUT2D eigenvalue weighted by Crippen LogP contribution is -2.43. The molecule has 2 rings (SSSR count). The maximum atomic E-state index is 12.6. The van der Waals surface area contributed by atoms with E-state index in [4.69, 9.17) is 4.74 Å². The summed E-state index contributed by atoms with van der Waals surface area (Å²) < 4.78 is 44.9. The van der Waals surface area contributed by atoms with Gasteiger partial charge in [-0.3, -0.25) is 4.68 Å². The SMILES string of the molecule is CCNC(=NCCOc1ccc(C(F)(F)F)cn1)NC(C)Cc1c(C)nn(C)c1C. The first-order chi connectivity index (χ1) is 14.1. The summed E-state index contributed by atoms with van der Waals surface area (Å²) in [6.45, 7) is 9.32. The van der Waals surface area contributed by atoms with Crippen LogP contribution in [0.3, 0.4) is 0 Å². The van der Waals surface area contributed by atoms with Gasteiger partial charge in [-0.25, -0.2) is 9.98 Å². The minimum absolute atomic E-state index is 0.127. The smallest absolute Gasteiger partial charge is 0.417 e. The molecule has 1 unspecified atom stereocenters. The summed E-state index contributed by atoms with van der Waals surface area (Å²) in [5.41, 5.74) is 2.56. The highest BCUT2D eigenvalue weighted by Crippen LogP contribution is 2.29. The minimum atomic E-state index is -4.41. The number of hydrogen-bond acceptors (Lipinski definition) is 4. The number of guanidine groups is 1. The molecule has 2 N–H and O–H groups in total. The van der Waals surface area contributed by atoms with Crippen molar-refractivity contribution in [3.8, 4) is 5.88 Å². The van der Waals surface area contributed by atoms with E-state index in [-0.39, 0.29) is 18.5 Å². The van der Waals surface area contributed by atoms with Crippen LogP contribution >= 0.6 is 0 Å². The van der Waals surface area contributed by atoms with Crippen LogP contribution in [0, 0.1) is 13.8 Å². The number of aliphatic imine (C=N–C) groups is 1. The molecule has 0 aliphatic heterocycles. The number of alkyl halides is 3. The number of nitrogens with zero attached hydrogens (tertiary/aromatic N) is 4. The third-order valence-electron chi connectivity index (χ3n) is 4.57. The van der Waals surface area contributed by atoms with Crippen molar-refractivity contribution in [1.29, 1.82) is 0 Å². The molecule has 166 valence electrons. The topological polar surface area (TPSA) is 76.4 Å². The molecule has 10 heteroatoms. The van der Waals surface area contributed by atoms with Crippen LogP contribution in [-0.2, 0) is 19.6 Å². The van der Waals surface area contributed by atoms with E-state index in [0.29, 0.717) is 19.0 Å². The second-order valence-electron chi connectivity index (χ2n) is 7.01. The number of aromatic nitrogens is 3. The van der Waals surface area contributed by atoms with Gasteiger partial charge in [0, 0.05) is 37.6 Å². The highest BCUT2D eigenvalue weighted by molar-refractivity contribution is 5.80. The zero-order valence-electron chi connectivity index (χ0n) is 18.0. The van der Waals surface area contributed by atoms with Gasteiger partial charge < -0.3 is 15.4 Å². The normalized spacial score (nSPS) is 13.3. The molecular formula is C20H29F3N6O. The Hall–Kier alpha value is -2.78. The Bertz CT molecular complexity index is 845. The van der Waals surface area contributed by atoms with Gasteiger partial charge in [0.05, 0.1) is 17.8 Å². The molecule has 0 bridgehead atoms. The number of pyridine rings is 1. The molecule has 1 atom stereocenters. The lowest BCUT2D eigenvalue weighted by atomic mass is 10.1. The third-order valence-corrected chi connectivity index (χ3v) is 4.57. The van der Waals surface area contributed by atoms with E-state index in [1.54, 1.807) is 0 Å². The van der Waals surface area contributed by atoms with Crippen molar-refractivity contribution in [2.45, 2.75) is 46.3 Å². The maximum absolute atomic E-state index is 12.6. The molecule has 0 amide bonds. The lowest BCUT2D eigenvalue weighted by molar-refractivity contribution is -0.137. The Morgan fingerprint density at radius 2 is 2.03 bits per heavy atom. The van der Waals surface area contributed by atoms with Gasteiger partial charge in [-0.2, -0.15) is 18.3 Å². The van der Waals surface area contributed by atoms with E-state index in [2.05, 4.69) is 32.6 Å². The Kier molecular flexibility index (Phi) is 8.08. The fraction of sp³-hybridized carbons (Fsp3) is 0.550. The molecule has 0 saturated heterocycles. The van der Waals surface area contributed by atoms with Gasteiger partial charge in [0.15, 0.2) is 5.96 Å². The van der Waals surface area contributed by atoms with Crippen LogP contribution in [0.2, 0.25) is 0 Å². The monoisotopic (exact) mass is 426 g/mol. The molecule has 2 heterocycles. The van der Waals surface area contributed by atoms with Crippen LogP contribution in [0.1, 0.15) is 36.4 Å². The number of aryl methyl sites for hydroxylation is 2. The van der Waals surface area contributed by atoms with Crippen LogP contribution in [0.5, 0.6) is 5.88 Å². The molecule has 0 radical (unpaired) electrons. The van der Waals surface area contributed by atoms with Gasteiger partial charge in [-0.1, -0.05) is 0 Å². The molecule has 0 saturated carbocycles. The van der Waals surface area contributed by atoms with E-state index in [1.807, 2.05) is 32.5 Å². The van der Waals surface area contributed by atoms with Crippen molar-refractivity contribution in [2.24, 2.45) is 12.0 Å². The van der Waals surface area contributed by atoms with E-state index in [1.165, 1.54) is 11.6 Å². The highest BCUT2D eigenvalue weighted by Gasteiger charge is 2.30. The predicted octanol–water partition coefficient (Wildman–Crippen LogP) is 3.02. The molecule has 0 spiro atoms. The molecule has 0 fully saturated rings. The minimum Gasteiger partial charge on any atom is -0.476 e. The van der Waals surface area contributed by atoms with Gasteiger partial charge in [0.1, 0.15) is 6.61 Å². The van der Waals surface area contributed by atoms with Gasteiger partial charge in [0.2, 0.25) is 5.88 Å². The molecule has 2 aromatic heterocycles. The first-order valence-electron chi connectivity index (χ1n) is 9.81. The molecule has 0 aromatic carbocycles. The van der Waals surface area contributed by atoms with Crippen LogP contribution in [0.25, 0.3) is 0 Å². The average Bonchev–Trinajstić information content (AvgIpc) is 2.91. The summed E-state index contributed by atoms with van der Waals surface area (Å²) in [6.07, 6.45) is -2.85. The van der Waals surface area contributed by atoms with Crippen molar-refractivity contribution >= 4 is 5.96 Å². The summed E-state index contributed by atoms with van der Waals surface area (Å²) in [5.74, 6) is 0.778. The van der Waals surface area contributed by atoms with Crippen molar-refractivity contribution in [2.75, 3.05) is 19.7 Å². The number of nitrogens with one attached hydrogen (secondary N) is 2. The summed E-state index contributed by atoms with van der Waals surface area (Å²) in [4.78, 5) is 8.14. The predicted molar refractivity (Wildman–Crippen MR) is 110 cm³/mol. The molecule has 2 aromatic rings. The second kappa shape index (κ2) is 10.3. The zero-order valence-corrected chi connectivity index (χ0v) is 18.0. The first-order valence-corrected chi connectivity index (χ1v) is 9.81. The third kappa shape index (κ3) is 6.64. The standard InChI is InChI=1S/C20H29F3N6O/c1-6-24-19(27-13(2)11-17-14(3)28-29(5)15(17)4)25-9-10-30-18-8-7-16(12-26-18)20(21,22)23/h7-8,12-13H,6,9-11H2,1-5H3,(H2,24,25,27). The molecule has 0 aliphatic rings. The van der Waals surface area contributed by atoms with E-state index in [9.17, 15) is 13.2 Å². The van der Waals surface area contributed by atoms with Gasteiger partial charge in [-0.05, 0) is 45.7 Å². The lowest BCUT2D eigenvalue weighted by Gasteiger charge is -2.18. The summed E-state index contributed by atoms with van der Waals surface area (Å²) in [6, 6.07) is 2.28. The summed E-state index contributed by atoms with van der Waals surface area (Å²) >= 11 is 0. The molecule has 30 heavy (non-hydrogen) atoms. The number of hydrogen-bond donors (Lipinski definition) is 2. The van der Waals surface area contributed by atoms with Gasteiger partial charge in [-0.15, -0.1) is 0 Å². The fourth-order valence-electron chi connectivity index (χ4n) is 2.96. The maximum Gasteiger partial charge on any atom is 0.417 e. The van der Waals surface area contributed by atoms with Crippen molar-refractivity contribution in [3.63, 3.8) is 0 Å². The van der Waals surface area contributed by atoms with Crippen LogP contribution < -0.4 is 15.4 Å². The van der Waals surface area contributed by atoms with E-state index >= 15 is 0 Å². The first kappa shape index (κ1) is 23.5. The van der Waals surface area contributed by atoms with Crippen LogP contribution in [0.4, 0.5) is 13.2 Å². The Morgan fingerprint density at radius 3 is 2.57 bits per heavy atom. The quantitative estimate of drug-likeness (QED) is 0.386. The number of rotatable bonds is 8. The largest absolute Gasteiger partial charge is 0.476 e. The Labute approximate surface area is 174 Å². The number of halogens is 3. The van der Waals surface area contributed by atoms with Crippen molar-refractivity contribution in [3.05, 3.63) is 40.8 Å². The van der Waals surface area contributed by atoms with Gasteiger partial charge >= 0.3 is 6.18 Å². The molecule has 7 nitrogen and oxygen atoms in total. The van der Waals surface area contributed by atoms with Crippen molar-refractivity contribution < 1.29 is 17.9 Å². The summed E-state index contributed by atoms with van der Waals surface area (Å²) in [7, 11) is 1.93. The second-order valence-corrected chi connectivity index (χ2v) is 7.01. The highest BCUT2D eigenvalue weighted by atomic mass is 19.4. The fourth-order valence-corrected chi connectivity index (χ4v) is 2.96. The summed E-state index contributed by atoms with van der Waals surface area (Å²) in [5, 5.41) is 11.0. The molecule has 0 aliphatic carbocycles.